The number of nitrogens with zero attached hydrogens (tertiary/aromatic N) is 1. The van der Waals surface area contributed by atoms with Crippen molar-refractivity contribution in [3.05, 3.63) is 35.6 Å². The van der Waals surface area contributed by atoms with Crippen molar-refractivity contribution in [3.8, 4) is 0 Å². The zero-order valence-corrected chi connectivity index (χ0v) is 12.0. The Balaban J connectivity index is 1.83. The molecular formula is C15H19FN2O3. The number of ether oxygens (including phenoxy) is 1. The molecule has 0 bridgehead atoms. The lowest BCUT2D eigenvalue weighted by atomic mass is 10.0. The smallest absolute Gasteiger partial charge is 0.407 e. The molecular weight excluding hydrogens is 275 g/mol. The van der Waals surface area contributed by atoms with Crippen LogP contribution in [-0.2, 0) is 16.0 Å². The van der Waals surface area contributed by atoms with Crippen molar-refractivity contribution in [1.82, 2.24) is 10.2 Å². The first kappa shape index (κ1) is 15.3. The van der Waals surface area contributed by atoms with E-state index >= 15 is 0 Å². The van der Waals surface area contributed by atoms with Crippen molar-refractivity contribution in [1.29, 1.82) is 0 Å². The highest BCUT2D eigenvalue weighted by Crippen LogP contribution is 2.14. The van der Waals surface area contributed by atoms with E-state index < -0.39 is 6.09 Å². The molecule has 1 fully saturated rings. The molecule has 2 rings (SSSR count). The van der Waals surface area contributed by atoms with E-state index in [0.29, 0.717) is 31.5 Å². The van der Waals surface area contributed by atoms with Gasteiger partial charge < -0.3 is 15.0 Å². The zero-order valence-electron chi connectivity index (χ0n) is 12.0. The molecule has 0 radical (unpaired) electrons. The van der Waals surface area contributed by atoms with E-state index in [2.05, 4.69) is 10.1 Å². The Labute approximate surface area is 123 Å². The maximum atomic E-state index is 13.5. The van der Waals surface area contributed by atoms with E-state index in [0.717, 1.165) is 0 Å². The second kappa shape index (κ2) is 7.06. The number of methoxy groups -OCH3 is 1. The fraction of sp³-hybridized carbons (Fsp3) is 0.467. The lowest BCUT2D eigenvalue weighted by Gasteiger charge is -2.32. The van der Waals surface area contributed by atoms with Gasteiger partial charge in [-0.2, -0.15) is 0 Å². The second-order valence-electron chi connectivity index (χ2n) is 5.06. The van der Waals surface area contributed by atoms with Gasteiger partial charge in [-0.25, -0.2) is 9.18 Å². The van der Waals surface area contributed by atoms with Gasteiger partial charge in [0, 0.05) is 19.1 Å². The minimum absolute atomic E-state index is 0.0231. The number of rotatable bonds is 3. The highest BCUT2D eigenvalue weighted by Gasteiger charge is 2.24. The number of carbonyl (C=O) groups is 2. The van der Waals surface area contributed by atoms with E-state index in [-0.39, 0.29) is 24.2 Å². The van der Waals surface area contributed by atoms with Crippen LogP contribution in [0.3, 0.4) is 0 Å². The quantitative estimate of drug-likeness (QED) is 0.923. The van der Waals surface area contributed by atoms with Crippen molar-refractivity contribution in [2.45, 2.75) is 25.3 Å². The third kappa shape index (κ3) is 4.18. The fourth-order valence-electron chi connectivity index (χ4n) is 2.42. The molecule has 21 heavy (non-hydrogen) atoms. The van der Waals surface area contributed by atoms with E-state index in [9.17, 15) is 14.0 Å². The van der Waals surface area contributed by atoms with Gasteiger partial charge in [0.2, 0.25) is 5.91 Å². The number of halogens is 1. The van der Waals surface area contributed by atoms with E-state index in [1.807, 2.05) is 0 Å². The van der Waals surface area contributed by atoms with Gasteiger partial charge in [0.15, 0.2) is 0 Å². The molecule has 1 aliphatic rings. The Kier molecular flexibility index (Phi) is 5.14. The third-order valence-corrected chi connectivity index (χ3v) is 3.65. The van der Waals surface area contributed by atoms with Crippen molar-refractivity contribution in [2.24, 2.45) is 0 Å². The molecule has 1 N–H and O–H groups in total. The van der Waals surface area contributed by atoms with Crippen molar-refractivity contribution in [2.75, 3.05) is 20.2 Å². The lowest BCUT2D eigenvalue weighted by molar-refractivity contribution is -0.131. The molecule has 5 nitrogen and oxygen atoms in total. The van der Waals surface area contributed by atoms with Crippen molar-refractivity contribution < 1.29 is 18.7 Å². The van der Waals surface area contributed by atoms with Gasteiger partial charge in [-0.05, 0) is 24.5 Å². The third-order valence-electron chi connectivity index (χ3n) is 3.65. The number of likely N-dealkylation sites (tertiary alicyclic amines) is 1. The molecule has 1 aliphatic heterocycles. The van der Waals surface area contributed by atoms with Crippen LogP contribution in [0.1, 0.15) is 18.4 Å². The van der Waals surface area contributed by atoms with Gasteiger partial charge in [-0.15, -0.1) is 0 Å². The Morgan fingerprint density at radius 1 is 1.33 bits per heavy atom. The minimum Gasteiger partial charge on any atom is -0.453 e. The van der Waals surface area contributed by atoms with Gasteiger partial charge in [0.05, 0.1) is 13.5 Å². The minimum atomic E-state index is -0.453. The van der Waals surface area contributed by atoms with E-state index in [1.165, 1.54) is 13.2 Å². The molecule has 0 saturated carbocycles. The second-order valence-corrected chi connectivity index (χ2v) is 5.06. The van der Waals surface area contributed by atoms with Crippen molar-refractivity contribution in [3.63, 3.8) is 0 Å². The summed E-state index contributed by atoms with van der Waals surface area (Å²) in [6, 6.07) is 6.33. The van der Waals surface area contributed by atoms with Gasteiger partial charge in [-0.1, -0.05) is 18.2 Å². The molecule has 2 amide bonds. The number of amides is 2. The number of alkyl carbamates (subject to hydrolysis) is 1. The molecule has 1 aromatic carbocycles. The van der Waals surface area contributed by atoms with Gasteiger partial charge in [-0.3, -0.25) is 4.79 Å². The summed E-state index contributed by atoms with van der Waals surface area (Å²) in [6.45, 7) is 1.11. The summed E-state index contributed by atoms with van der Waals surface area (Å²) >= 11 is 0. The van der Waals surface area contributed by atoms with Crippen LogP contribution in [0.25, 0.3) is 0 Å². The molecule has 0 aromatic heterocycles. The number of nitrogens with one attached hydrogen (secondary N) is 1. The molecule has 1 saturated heterocycles. The highest BCUT2D eigenvalue weighted by molar-refractivity contribution is 5.79. The number of piperidine rings is 1. The van der Waals surface area contributed by atoms with Crippen LogP contribution in [0.5, 0.6) is 0 Å². The molecule has 1 aromatic rings. The molecule has 114 valence electrons. The first-order valence-electron chi connectivity index (χ1n) is 6.96. The number of carbonyl (C=O) groups excluding carboxylic acids is 2. The summed E-state index contributed by atoms with van der Waals surface area (Å²) in [7, 11) is 1.32. The standard InChI is InChI=1S/C15H19FN2O3/c1-21-15(20)17-12-6-8-18(9-7-12)14(19)10-11-4-2-3-5-13(11)16/h2-5,12H,6-10H2,1H3,(H,17,20). The van der Waals surface area contributed by atoms with Gasteiger partial charge >= 0.3 is 6.09 Å². The van der Waals surface area contributed by atoms with Crippen LogP contribution in [0.4, 0.5) is 9.18 Å². The van der Waals surface area contributed by atoms with Crippen LogP contribution >= 0.6 is 0 Å². The molecule has 0 unspecified atom stereocenters. The summed E-state index contributed by atoms with van der Waals surface area (Å²) in [5, 5.41) is 2.73. The monoisotopic (exact) mass is 294 g/mol. The summed E-state index contributed by atoms with van der Waals surface area (Å²) in [4.78, 5) is 25.0. The van der Waals surface area contributed by atoms with Gasteiger partial charge in [0.25, 0.3) is 0 Å². The normalized spacial score (nSPS) is 15.6. The van der Waals surface area contributed by atoms with Crippen LogP contribution in [0, 0.1) is 5.82 Å². The first-order valence-corrected chi connectivity index (χ1v) is 6.96. The molecule has 1 heterocycles. The topological polar surface area (TPSA) is 58.6 Å². The largest absolute Gasteiger partial charge is 0.453 e. The van der Waals surface area contributed by atoms with Crippen molar-refractivity contribution >= 4 is 12.0 Å². The Morgan fingerprint density at radius 2 is 2.00 bits per heavy atom. The van der Waals surface area contributed by atoms with Gasteiger partial charge in [0.1, 0.15) is 5.82 Å². The summed E-state index contributed by atoms with van der Waals surface area (Å²) in [5.74, 6) is -0.440. The van der Waals surface area contributed by atoms with Crippen LogP contribution in [-0.4, -0.2) is 43.1 Å². The fourth-order valence-corrected chi connectivity index (χ4v) is 2.42. The Hall–Kier alpha value is -2.11. The van der Waals surface area contributed by atoms with Crippen LogP contribution in [0.15, 0.2) is 24.3 Å². The van der Waals surface area contributed by atoms with E-state index in [4.69, 9.17) is 0 Å². The lowest BCUT2D eigenvalue weighted by Crippen LogP contribution is -2.46. The molecule has 0 spiro atoms. The summed E-state index contributed by atoms with van der Waals surface area (Å²) in [5.41, 5.74) is 0.414. The number of benzene rings is 1. The number of hydrogen-bond donors (Lipinski definition) is 1. The Bertz CT molecular complexity index is 513. The maximum Gasteiger partial charge on any atom is 0.407 e. The van der Waals surface area contributed by atoms with E-state index in [1.54, 1.807) is 23.1 Å². The van der Waals surface area contributed by atoms with Crippen LogP contribution in [0.2, 0.25) is 0 Å². The maximum absolute atomic E-state index is 13.5. The predicted molar refractivity (Wildman–Crippen MR) is 75.2 cm³/mol. The summed E-state index contributed by atoms with van der Waals surface area (Å²) < 4.78 is 18.1. The predicted octanol–water partition coefficient (Wildman–Crippen LogP) is 1.72. The first-order chi connectivity index (χ1) is 10.1. The SMILES string of the molecule is COC(=O)NC1CCN(C(=O)Cc2ccccc2F)CC1. The highest BCUT2D eigenvalue weighted by atomic mass is 19.1. The summed E-state index contributed by atoms with van der Waals surface area (Å²) in [6.07, 6.45) is 0.976. The average molecular weight is 294 g/mol. The number of hydrogen-bond acceptors (Lipinski definition) is 3. The van der Waals surface area contributed by atoms with Crippen LogP contribution < -0.4 is 5.32 Å². The molecule has 6 heteroatoms. The molecule has 0 aliphatic carbocycles. The zero-order chi connectivity index (χ0) is 15.2. The molecule has 0 atom stereocenters. The average Bonchev–Trinajstić information content (AvgIpc) is 2.50. The Morgan fingerprint density at radius 3 is 2.62 bits per heavy atom.